The van der Waals surface area contributed by atoms with Gasteiger partial charge in [-0.1, -0.05) is 6.08 Å². The van der Waals surface area contributed by atoms with E-state index in [2.05, 4.69) is 6.58 Å². The van der Waals surface area contributed by atoms with Crippen LogP contribution in [-0.2, 0) is 0 Å². The number of nitrogens with two attached hydrogens (primary N) is 1. The Morgan fingerprint density at radius 3 is 2.64 bits per heavy atom. The summed E-state index contributed by atoms with van der Waals surface area (Å²) in [5.41, 5.74) is 6.43. The molecule has 1 atom stereocenters. The lowest BCUT2D eigenvalue weighted by Crippen LogP contribution is -2.11. The molecule has 14 heavy (non-hydrogen) atoms. The maximum Gasteiger partial charge on any atom is 0.130 e. The fourth-order valence-electron chi connectivity index (χ4n) is 1.27. The van der Waals surface area contributed by atoms with Crippen LogP contribution in [0.4, 0.5) is 8.78 Å². The van der Waals surface area contributed by atoms with Gasteiger partial charge in [0.2, 0.25) is 0 Å². The van der Waals surface area contributed by atoms with Crippen LogP contribution in [0.1, 0.15) is 23.6 Å². The maximum absolute atomic E-state index is 13.2. The van der Waals surface area contributed by atoms with Crippen LogP contribution in [0.3, 0.4) is 0 Å². The van der Waals surface area contributed by atoms with Crippen LogP contribution in [-0.4, -0.2) is 0 Å². The lowest BCUT2D eigenvalue weighted by Gasteiger charge is -2.11. The maximum atomic E-state index is 13.2. The summed E-state index contributed by atoms with van der Waals surface area (Å²) in [6.07, 6.45) is 2.09. The molecule has 1 nitrogen and oxygen atoms in total. The third-order valence-electron chi connectivity index (χ3n) is 2.10. The highest BCUT2D eigenvalue weighted by molar-refractivity contribution is 5.28. The number of halogens is 2. The average molecular weight is 197 g/mol. The highest BCUT2D eigenvalue weighted by Gasteiger charge is 2.12. The van der Waals surface area contributed by atoms with Gasteiger partial charge in [0.1, 0.15) is 11.6 Å². The molecule has 76 valence electrons. The summed E-state index contributed by atoms with van der Waals surface area (Å²) in [6.45, 7) is 5.10. The molecule has 0 amide bonds. The van der Waals surface area contributed by atoms with Crippen molar-refractivity contribution < 1.29 is 8.78 Å². The first kappa shape index (κ1) is 10.9. The highest BCUT2D eigenvalue weighted by Crippen LogP contribution is 2.21. The molecule has 0 aliphatic rings. The first-order chi connectivity index (χ1) is 6.56. The summed E-state index contributed by atoms with van der Waals surface area (Å²) >= 11 is 0. The summed E-state index contributed by atoms with van der Waals surface area (Å²) in [5.74, 6) is -1.14. The summed E-state index contributed by atoms with van der Waals surface area (Å²) in [4.78, 5) is 0. The average Bonchev–Trinajstić information content (AvgIpc) is 2.11. The Bertz CT molecular complexity index is 347. The molecule has 3 heteroatoms. The number of benzene rings is 1. The van der Waals surface area contributed by atoms with Crippen molar-refractivity contribution in [3.63, 3.8) is 0 Å². The zero-order chi connectivity index (χ0) is 10.7. The second kappa shape index (κ2) is 4.33. The number of hydrogen-bond donors (Lipinski definition) is 1. The molecule has 1 aromatic carbocycles. The Kier molecular flexibility index (Phi) is 3.36. The topological polar surface area (TPSA) is 26.0 Å². The van der Waals surface area contributed by atoms with Crippen LogP contribution >= 0.6 is 0 Å². The molecule has 1 rings (SSSR count). The van der Waals surface area contributed by atoms with Gasteiger partial charge in [0.15, 0.2) is 0 Å². The van der Waals surface area contributed by atoms with Crippen molar-refractivity contribution in [2.45, 2.75) is 19.4 Å². The first-order valence-corrected chi connectivity index (χ1v) is 4.38. The van der Waals surface area contributed by atoms with Gasteiger partial charge in [0.05, 0.1) is 0 Å². The number of hydrogen-bond acceptors (Lipinski definition) is 1. The summed E-state index contributed by atoms with van der Waals surface area (Å²) < 4.78 is 26.2. The standard InChI is InChI=1S/C11H13F2N/c1-3-4-11(14)8-5-7(2)9(12)6-10(8)13/h3,5-6,11H,1,4,14H2,2H3. The van der Waals surface area contributed by atoms with Crippen molar-refractivity contribution in [3.05, 3.63) is 47.5 Å². The van der Waals surface area contributed by atoms with E-state index < -0.39 is 17.7 Å². The fraction of sp³-hybridized carbons (Fsp3) is 0.273. The Balaban J connectivity index is 3.08. The van der Waals surface area contributed by atoms with Gasteiger partial charge in [0, 0.05) is 17.7 Å². The fourth-order valence-corrected chi connectivity index (χ4v) is 1.27. The Hall–Kier alpha value is -1.22. The van der Waals surface area contributed by atoms with Crippen LogP contribution in [0.25, 0.3) is 0 Å². The van der Waals surface area contributed by atoms with Crippen LogP contribution in [0.2, 0.25) is 0 Å². The smallest absolute Gasteiger partial charge is 0.130 e. The molecule has 2 N–H and O–H groups in total. The van der Waals surface area contributed by atoms with E-state index in [0.717, 1.165) is 6.07 Å². The molecule has 0 aliphatic carbocycles. The molecule has 0 heterocycles. The van der Waals surface area contributed by atoms with Crippen molar-refractivity contribution in [2.75, 3.05) is 0 Å². The molecule has 1 aromatic rings. The van der Waals surface area contributed by atoms with Crippen molar-refractivity contribution in [2.24, 2.45) is 5.73 Å². The molecule has 1 unspecified atom stereocenters. The lowest BCUT2D eigenvalue weighted by atomic mass is 10.0. The van der Waals surface area contributed by atoms with Crippen LogP contribution in [0.5, 0.6) is 0 Å². The molecule has 0 fully saturated rings. The molecule has 0 saturated carbocycles. The van der Waals surface area contributed by atoms with Gasteiger partial charge >= 0.3 is 0 Å². The largest absolute Gasteiger partial charge is 0.324 e. The first-order valence-electron chi connectivity index (χ1n) is 4.38. The predicted molar refractivity (Wildman–Crippen MR) is 52.8 cm³/mol. The predicted octanol–water partition coefficient (Wildman–Crippen LogP) is 2.85. The van der Waals surface area contributed by atoms with Gasteiger partial charge in [-0.2, -0.15) is 0 Å². The molecular formula is C11H13F2N. The van der Waals surface area contributed by atoms with E-state index in [1.54, 1.807) is 13.0 Å². The molecule has 0 aromatic heterocycles. The third kappa shape index (κ3) is 2.17. The minimum Gasteiger partial charge on any atom is -0.324 e. The van der Waals surface area contributed by atoms with Crippen molar-refractivity contribution in [1.29, 1.82) is 0 Å². The molecule has 0 spiro atoms. The van der Waals surface area contributed by atoms with E-state index in [0.29, 0.717) is 17.5 Å². The molecule has 0 saturated heterocycles. The SMILES string of the molecule is C=CCC(N)c1cc(C)c(F)cc1F. The quantitative estimate of drug-likeness (QED) is 0.741. The van der Waals surface area contributed by atoms with Gasteiger partial charge in [-0.25, -0.2) is 8.78 Å². The van der Waals surface area contributed by atoms with Gasteiger partial charge < -0.3 is 5.73 Å². The molecule has 0 bridgehead atoms. The summed E-state index contributed by atoms with van der Waals surface area (Å²) in [5, 5.41) is 0. The second-order valence-electron chi connectivity index (χ2n) is 3.25. The number of rotatable bonds is 3. The van der Waals surface area contributed by atoms with Crippen molar-refractivity contribution in [1.82, 2.24) is 0 Å². The van der Waals surface area contributed by atoms with Gasteiger partial charge in [-0.15, -0.1) is 6.58 Å². The normalized spacial score (nSPS) is 12.6. The zero-order valence-electron chi connectivity index (χ0n) is 8.06. The van der Waals surface area contributed by atoms with E-state index in [4.69, 9.17) is 5.73 Å². The van der Waals surface area contributed by atoms with Crippen molar-refractivity contribution in [3.8, 4) is 0 Å². The van der Waals surface area contributed by atoms with E-state index in [9.17, 15) is 8.78 Å². The Morgan fingerprint density at radius 2 is 2.07 bits per heavy atom. The lowest BCUT2D eigenvalue weighted by molar-refractivity contribution is 0.551. The molecular weight excluding hydrogens is 184 g/mol. The van der Waals surface area contributed by atoms with Gasteiger partial charge in [-0.05, 0) is 25.0 Å². The van der Waals surface area contributed by atoms with Crippen molar-refractivity contribution >= 4 is 0 Å². The van der Waals surface area contributed by atoms with E-state index in [1.807, 2.05) is 0 Å². The Labute approximate surface area is 82.2 Å². The Morgan fingerprint density at radius 1 is 1.43 bits per heavy atom. The van der Waals surface area contributed by atoms with Crippen LogP contribution < -0.4 is 5.73 Å². The highest BCUT2D eigenvalue weighted by atomic mass is 19.1. The van der Waals surface area contributed by atoms with Gasteiger partial charge in [-0.3, -0.25) is 0 Å². The van der Waals surface area contributed by atoms with E-state index >= 15 is 0 Å². The van der Waals surface area contributed by atoms with Crippen LogP contribution in [0.15, 0.2) is 24.8 Å². The third-order valence-corrected chi connectivity index (χ3v) is 2.10. The van der Waals surface area contributed by atoms with E-state index in [-0.39, 0.29) is 0 Å². The zero-order valence-corrected chi connectivity index (χ0v) is 8.06. The second-order valence-corrected chi connectivity index (χ2v) is 3.25. The van der Waals surface area contributed by atoms with Crippen LogP contribution in [0, 0.1) is 18.6 Å². The summed E-state index contributed by atoms with van der Waals surface area (Å²) in [7, 11) is 0. The number of aryl methyl sites for hydroxylation is 1. The monoisotopic (exact) mass is 197 g/mol. The molecule has 0 aliphatic heterocycles. The minimum absolute atomic E-state index is 0.337. The minimum atomic E-state index is -0.595. The summed E-state index contributed by atoms with van der Waals surface area (Å²) in [6, 6.07) is 1.86. The van der Waals surface area contributed by atoms with E-state index in [1.165, 1.54) is 6.07 Å². The molecule has 0 radical (unpaired) electrons. The van der Waals surface area contributed by atoms with Gasteiger partial charge in [0.25, 0.3) is 0 Å².